The number of rotatable bonds is 8. The highest BCUT2D eigenvalue weighted by atomic mass is 35.5. The smallest absolute Gasteiger partial charge is 0.329 e. The van der Waals surface area contributed by atoms with Gasteiger partial charge in [-0.3, -0.25) is 9.59 Å². The Balaban J connectivity index is 1.53. The van der Waals surface area contributed by atoms with Crippen molar-refractivity contribution in [3.05, 3.63) is 101 Å². The number of benzene rings is 3. The number of nitrogens with one attached hydrogen (secondary N) is 3. The summed E-state index contributed by atoms with van der Waals surface area (Å²) in [6.07, 6.45) is 0.870. The number of H-pyrrole nitrogens is 1. The summed E-state index contributed by atoms with van der Waals surface area (Å²) in [4.78, 5) is 41.8. The number of amides is 2. The highest BCUT2D eigenvalue weighted by Crippen LogP contribution is 2.21. The number of carbonyl (C=O) groups excluding carboxylic acids is 3. The molecule has 0 aliphatic rings. The molecule has 3 N–H and O–H groups in total. The highest BCUT2D eigenvalue weighted by Gasteiger charge is 2.28. The Kier molecular flexibility index (Phi) is 7.48. The molecule has 1 aromatic heterocycles. The van der Waals surface area contributed by atoms with Crippen molar-refractivity contribution in [2.45, 2.75) is 25.5 Å². The normalized spacial score (nSPS) is 12.5. The fourth-order valence-corrected chi connectivity index (χ4v) is 3.89. The summed E-state index contributed by atoms with van der Waals surface area (Å²) in [6.45, 7) is 1.48. The van der Waals surface area contributed by atoms with Gasteiger partial charge in [0.05, 0.1) is 10.6 Å². The Bertz CT molecular complexity index is 1350. The lowest BCUT2D eigenvalue weighted by molar-refractivity contribution is -0.155. The Morgan fingerprint density at radius 1 is 0.943 bits per heavy atom. The molecule has 0 aliphatic heterocycles. The molecule has 178 valence electrons. The van der Waals surface area contributed by atoms with Gasteiger partial charge in [-0.15, -0.1) is 0 Å². The predicted octanol–water partition coefficient (Wildman–Crippen LogP) is 4.73. The van der Waals surface area contributed by atoms with Gasteiger partial charge in [-0.05, 0) is 42.8 Å². The number of halogens is 1. The molecule has 0 radical (unpaired) electrons. The van der Waals surface area contributed by atoms with Gasteiger partial charge < -0.3 is 20.4 Å². The molecule has 8 heteroatoms. The SMILES string of the molecule is C[C@H](OC(=O)[C@H](Cc1c[nH]c2ccccc12)NC(=O)c1ccccc1Cl)C(=O)Nc1ccccc1. The average molecular weight is 490 g/mol. The molecule has 0 saturated heterocycles. The van der Waals surface area contributed by atoms with E-state index in [2.05, 4.69) is 15.6 Å². The minimum absolute atomic E-state index is 0.159. The number of ether oxygens (including phenoxy) is 1. The van der Waals surface area contributed by atoms with Gasteiger partial charge in [0.25, 0.3) is 11.8 Å². The molecule has 0 aliphatic carbocycles. The van der Waals surface area contributed by atoms with Gasteiger partial charge in [-0.2, -0.15) is 0 Å². The second-order valence-electron chi connectivity index (χ2n) is 8.00. The van der Waals surface area contributed by atoms with Crippen molar-refractivity contribution in [3.8, 4) is 0 Å². The molecule has 1 heterocycles. The summed E-state index contributed by atoms with van der Waals surface area (Å²) in [5.41, 5.74) is 2.55. The molecule has 2 atom stereocenters. The number of hydrogen-bond donors (Lipinski definition) is 3. The molecular weight excluding hydrogens is 466 g/mol. The first-order valence-corrected chi connectivity index (χ1v) is 11.5. The Morgan fingerprint density at radius 3 is 2.40 bits per heavy atom. The minimum atomic E-state index is -1.08. The molecule has 4 aromatic rings. The number of fused-ring (bicyclic) bond motifs is 1. The van der Waals surface area contributed by atoms with Crippen LogP contribution in [0.1, 0.15) is 22.8 Å². The third-order valence-corrected chi connectivity index (χ3v) is 5.84. The van der Waals surface area contributed by atoms with Crippen LogP contribution in [0.5, 0.6) is 0 Å². The summed E-state index contributed by atoms with van der Waals surface area (Å²) in [6, 6.07) is 22.0. The van der Waals surface area contributed by atoms with Crippen molar-refractivity contribution in [1.82, 2.24) is 10.3 Å². The van der Waals surface area contributed by atoms with Crippen molar-refractivity contribution < 1.29 is 19.1 Å². The maximum Gasteiger partial charge on any atom is 0.329 e. The maximum absolute atomic E-state index is 13.2. The zero-order chi connectivity index (χ0) is 24.8. The molecule has 4 rings (SSSR count). The molecule has 7 nitrogen and oxygen atoms in total. The average Bonchev–Trinajstić information content (AvgIpc) is 3.27. The van der Waals surface area contributed by atoms with Crippen LogP contribution in [-0.4, -0.2) is 34.9 Å². The zero-order valence-electron chi connectivity index (χ0n) is 19.0. The van der Waals surface area contributed by atoms with Crippen LogP contribution in [0.3, 0.4) is 0 Å². The first-order chi connectivity index (χ1) is 16.9. The second-order valence-corrected chi connectivity index (χ2v) is 8.41. The van der Waals surface area contributed by atoms with Crippen molar-refractivity contribution in [1.29, 1.82) is 0 Å². The fourth-order valence-electron chi connectivity index (χ4n) is 3.67. The van der Waals surface area contributed by atoms with Gasteiger partial charge >= 0.3 is 5.97 Å². The number of esters is 1. The van der Waals surface area contributed by atoms with E-state index in [0.29, 0.717) is 5.69 Å². The largest absolute Gasteiger partial charge is 0.451 e. The van der Waals surface area contributed by atoms with E-state index in [1.165, 1.54) is 6.92 Å². The van der Waals surface area contributed by atoms with Crippen LogP contribution in [0.15, 0.2) is 85.1 Å². The van der Waals surface area contributed by atoms with E-state index in [1.807, 2.05) is 30.3 Å². The third kappa shape index (κ3) is 5.88. The van der Waals surface area contributed by atoms with Crippen molar-refractivity contribution in [2.24, 2.45) is 0 Å². The summed E-state index contributed by atoms with van der Waals surface area (Å²) >= 11 is 6.17. The molecule has 0 bridgehead atoms. The predicted molar refractivity (Wildman–Crippen MR) is 135 cm³/mol. The summed E-state index contributed by atoms with van der Waals surface area (Å²) in [5, 5.41) is 6.62. The first kappa shape index (κ1) is 24.0. The molecule has 0 spiro atoms. The van der Waals surface area contributed by atoms with Crippen molar-refractivity contribution in [3.63, 3.8) is 0 Å². The van der Waals surface area contributed by atoms with Gasteiger partial charge in [-0.1, -0.05) is 60.1 Å². The van der Waals surface area contributed by atoms with E-state index in [-0.39, 0.29) is 17.0 Å². The lowest BCUT2D eigenvalue weighted by atomic mass is 10.0. The van der Waals surface area contributed by atoms with Gasteiger partial charge in [0.2, 0.25) is 0 Å². The lowest BCUT2D eigenvalue weighted by Gasteiger charge is -2.20. The summed E-state index contributed by atoms with van der Waals surface area (Å²) in [5.74, 6) is -1.72. The first-order valence-electron chi connectivity index (χ1n) is 11.1. The van der Waals surface area contributed by atoms with E-state index in [0.717, 1.165) is 16.5 Å². The monoisotopic (exact) mass is 489 g/mol. The molecule has 35 heavy (non-hydrogen) atoms. The minimum Gasteiger partial charge on any atom is -0.451 e. The van der Waals surface area contributed by atoms with E-state index in [4.69, 9.17) is 16.3 Å². The Morgan fingerprint density at radius 2 is 1.63 bits per heavy atom. The van der Waals surface area contributed by atoms with Crippen molar-refractivity contribution in [2.75, 3.05) is 5.32 Å². The summed E-state index contributed by atoms with van der Waals surface area (Å²) < 4.78 is 5.47. The van der Waals surface area contributed by atoms with Crippen LogP contribution in [-0.2, 0) is 20.7 Å². The van der Waals surface area contributed by atoms with Gasteiger partial charge in [-0.25, -0.2) is 4.79 Å². The third-order valence-electron chi connectivity index (χ3n) is 5.51. The van der Waals surface area contributed by atoms with E-state index in [9.17, 15) is 14.4 Å². The second kappa shape index (κ2) is 10.9. The molecular formula is C27H24ClN3O4. The molecule has 0 saturated carbocycles. The number of aromatic nitrogens is 1. The molecule has 3 aromatic carbocycles. The zero-order valence-corrected chi connectivity index (χ0v) is 19.7. The van der Waals surface area contributed by atoms with Gasteiger partial charge in [0.15, 0.2) is 6.10 Å². The maximum atomic E-state index is 13.2. The van der Waals surface area contributed by atoms with E-state index >= 15 is 0 Å². The number of aromatic amines is 1. The van der Waals surface area contributed by atoms with Crippen LogP contribution >= 0.6 is 11.6 Å². The van der Waals surface area contributed by atoms with E-state index < -0.39 is 29.9 Å². The fraction of sp³-hybridized carbons (Fsp3) is 0.148. The van der Waals surface area contributed by atoms with Crippen LogP contribution < -0.4 is 10.6 Å². The van der Waals surface area contributed by atoms with Gasteiger partial charge in [0, 0.05) is 29.2 Å². The quantitative estimate of drug-likeness (QED) is 0.311. The van der Waals surface area contributed by atoms with E-state index in [1.54, 1.807) is 54.7 Å². The number of anilines is 1. The lowest BCUT2D eigenvalue weighted by Crippen LogP contribution is -2.45. The number of carbonyl (C=O) groups is 3. The molecule has 0 fully saturated rings. The molecule has 0 unspecified atom stereocenters. The van der Waals surface area contributed by atoms with Crippen LogP contribution in [0.25, 0.3) is 10.9 Å². The number of hydrogen-bond acceptors (Lipinski definition) is 4. The number of para-hydroxylation sites is 2. The van der Waals surface area contributed by atoms with Crippen molar-refractivity contribution >= 4 is 46.0 Å². The standard InChI is InChI=1S/C27H24ClN3O4/c1-17(25(32)30-19-9-3-2-4-10-19)35-27(34)24(31-26(33)21-12-5-7-13-22(21)28)15-18-16-29-23-14-8-6-11-20(18)23/h2-14,16-17,24,29H,15H2,1H3,(H,30,32)(H,31,33)/t17-,24-/m0/s1. The van der Waals surface area contributed by atoms with Gasteiger partial charge in [0.1, 0.15) is 6.04 Å². The topological polar surface area (TPSA) is 100 Å². The van der Waals surface area contributed by atoms with Crippen LogP contribution in [0.2, 0.25) is 5.02 Å². The van der Waals surface area contributed by atoms with Crippen LogP contribution in [0.4, 0.5) is 5.69 Å². The highest BCUT2D eigenvalue weighted by molar-refractivity contribution is 6.33. The Labute approximate surface area is 207 Å². The summed E-state index contributed by atoms with van der Waals surface area (Å²) in [7, 11) is 0. The Hall–Kier alpha value is -4.10. The van der Waals surface area contributed by atoms with Crippen LogP contribution in [0, 0.1) is 0 Å². The molecule has 2 amide bonds.